The molecule has 10 heteroatoms. The van der Waals surface area contributed by atoms with Gasteiger partial charge in [0.2, 0.25) is 5.91 Å². The van der Waals surface area contributed by atoms with Gasteiger partial charge in [0.05, 0.1) is 41.3 Å². The lowest BCUT2D eigenvalue weighted by atomic mass is 10.1. The number of H-pyrrole nitrogens is 2. The number of para-hydroxylation sites is 1. The van der Waals surface area contributed by atoms with Crippen LogP contribution in [0.3, 0.4) is 0 Å². The average Bonchev–Trinajstić information content (AvgIpc) is 3.51. The van der Waals surface area contributed by atoms with E-state index < -0.39 is 0 Å². The number of carbonyl (C=O) groups is 1. The SMILES string of the molecule is Cc1cnc(NCCc2cccc3[nH]cnc23)c(=O)n1CC(=O)NCc1cc2cc[nH]c2cn1. The summed E-state index contributed by atoms with van der Waals surface area (Å²) in [7, 11) is 0. The van der Waals surface area contributed by atoms with Crippen molar-refractivity contribution in [1.29, 1.82) is 0 Å². The zero-order valence-corrected chi connectivity index (χ0v) is 18.6. The molecule has 0 unspecified atom stereocenters. The first kappa shape index (κ1) is 21.4. The minimum atomic E-state index is -0.333. The van der Waals surface area contributed by atoms with Crippen LogP contribution >= 0.6 is 0 Å². The number of benzene rings is 1. The fraction of sp³-hybridized carbons (Fsp3) is 0.208. The second kappa shape index (κ2) is 9.18. The number of nitrogens with zero attached hydrogens (tertiary/aromatic N) is 4. The minimum Gasteiger partial charge on any atom is -0.365 e. The highest BCUT2D eigenvalue weighted by Crippen LogP contribution is 2.15. The van der Waals surface area contributed by atoms with Gasteiger partial charge in [0.25, 0.3) is 5.56 Å². The number of hydrogen-bond acceptors (Lipinski definition) is 6. The van der Waals surface area contributed by atoms with Crippen molar-refractivity contribution >= 4 is 33.7 Å². The Bertz CT molecular complexity index is 1530. The molecule has 4 N–H and O–H groups in total. The van der Waals surface area contributed by atoms with E-state index in [0.717, 1.165) is 33.2 Å². The first-order valence-corrected chi connectivity index (χ1v) is 11.0. The van der Waals surface area contributed by atoms with E-state index in [-0.39, 0.29) is 30.4 Å². The molecule has 10 nitrogen and oxygen atoms in total. The van der Waals surface area contributed by atoms with Crippen molar-refractivity contribution in [3.63, 3.8) is 0 Å². The molecular weight excluding hydrogens is 432 g/mol. The number of anilines is 1. The third-order valence-electron chi connectivity index (χ3n) is 5.74. The normalized spacial score (nSPS) is 11.2. The summed E-state index contributed by atoms with van der Waals surface area (Å²) in [6, 6.07) is 9.82. The van der Waals surface area contributed by atoms with Gasteiger partial charge in [0.1, 0.15) is 6.54 Å². The van der Waals surface area contributed by atoms with E-state index >= 15 is 0 Å². The van der Waals surface area contributed by atoms with Gasteiger partial charge in [0.15, 0.2) is 5.82 Å². The predicted octanol–water partition coefficient (Wildman–Crippen LogP) is 2.28. The zero-order valence-electron chi connectivity index (χ0n) is 18.6. The molecule has 1 aromatic carbocycles. The number of carbonyl (C=O) groups excluding carboxylic acids is 1. The molecule has 0 aliphatic carbocycles. The van der Waals surface area contributed by atoms with Crippen LogP contribution in [0.25, 0.3) is 21.9 Å². The van der Waals surface area contributed by atoms with E-state index in [2.05, 4.69) is 35.6 Å². The van der Waals surface area contributed by atoms with Crippen molar-refractivity contribution in [2.75, 3.05) is 11.9 Å². The fourth-order valence-electron chi connectivity index (χ4n) is 3.91. The lowest BCUT2D eigenvalue weighted by Crippen LogP contribution is -2.34. The summed E-state index contributed by atoms with van der Waals surface area (Å²) < 4.78 is 1.42. The number of aromatic amines is 2. The van der Waals surface area contributed by atoms with E-state index in [4.69, 9.17) is 0 Å². The lowest BCUT2D eigenvalue weighted by molar-refractivity contribution is -0.121. The smallest absolute Gasteiger partial charge is 0.293 e. The van der Waals surface area contributed by atoms with Crippen LogP contribution < -0.4 is 16.2 Å². The third-order valence-corrected chi connectivity index (χ3v) is 5.74. The number of nitrogens with one attached hydrogen (secondary N) is 4. The van der Waals surface area contributed by atoms with Gasteiger partial charge >= 0.3 is 0 Å². The molecule has 4 heterocycles. The summed E-state index contributed by atoms with van der Waals surface area (Å²) in [6.45, 7) is 2.45. The maximum atomic E-state index is 13.0. The Morgan fingerprint density at radius 1 is 1.09 bits per heavy atom. The molecule has 0 aliphatic heterocycles. The summed E-state index contributed by atoms with van der Waals surface area (Å²) >= 11 is 0. The molecule has 0 spiro atoms. The molecule has 34 heavy (non-hydrogen) atoms. The Kier molecular flexibility index (Phi) is 5.77. The number of imidazole rings is 1. The first-order chi connectivity index (χ1) is 16.6. The molecule has 0 atom stereocenters. The van der Waals surface area contributed by atoms with Crippen molar-refractivity contribution < 1.29 is 4.79 Å². The molecule has 0 saturated heterocycles. The summed E-state index contributed by atoms with van der Waals surface area (Å²) in [5, 5.41) is 6.97. The maximum Gasteiger partial charge on any atom is 0.293 e. The topological polar surface area (TPSA) is 133 Å². The van der Waals surface area contributed by atoms with Crippen molar-refractivity contribution in [2.24, 2.45) is 0 Å². The lowest BCUT2D eigenvalue weighted by Gasteiger charge is -2.12. The number of amides is 1. The highest BCUT2D eigenvalue weighted by Gasteiger charge is 2.12. The Hall–Kier alpha value is -4.47. The average molecular weight is 457 g/mol. The molecule has 5 rings (SSSR count). The summed E-state index contributed by atoms with van der Waals surface area (Å²) in [4.78, 5) is 44.6. The highest BCUT2D eigenvalue weighted by molar-refractivity contribution is 5.79. The maximum absolute atomic E-state index is 13.0. The first-order valence-electron chi connectivity index (χ1n) is 11.0. The van der Waals surface area contributed by atoms with Crippen LogP contribution in [0.15, 0.2) is 60.0 Å². The van der Waals surface area contributed by atoms with Gasteiger partial charge in [-0.3, -0.25) is 19.1 Å². The van der Waals surface area contributed by atoms with Gasteiger partial charge in [-0.2, -0.15) is 0 Å². The summed E-state index contributed by atoms with van der Waals surface area (Å²) in [5.74, 6) is -0.0595. The molecule has 0 bridgehead atoms. The molecule has 0 fully saturated rings. The van der Waals surface area contributed by atoms with Crippen molar-refractivity contribution in [3.05, 3.63) is 82.6 Å². The Morgan fingerprint density at radius 2 is 2.00 bits per heavy atom. The van der Waals surface area contributed by atoms with Gasteiger partial charge in [-0.25, -0.2) is 9.97 Å². The molecule has 1 amide bonds. The van der Waals surface area contributed by atoms with Crippen molar-refractivity contribution in [3.8, 4) is 0 Å². The monoisotopic (exact) mass is 456 g/mol. The van der Waals surface area contributed by atoms with Crippen LogP contribution in [-0.4, -0.2) is 41.9 Å². The number of pyridine rings is 1. The second-order valence-corrected chi connectivity index (χ2v) is 8.05. The molecule has 0 aliphatic rings. The zero-order chi connectivity index (χ0) is 23.5. The Labute approximate surface area is 194 Å². The summed E-state index contributed by atoms with van der Waals surface area (Å²) in [5.41, 5.74) is 4.93. The highest BCUT2D eigenvalue weighted by atomic mass is 16.2. The van der Waals surface area contributed by atoms with Gasteiger partial charge in [-0.1, -0.05) is 12.1 Å². The number of rotatable bonds is 8. The number of fused-ring (bicyclic) bond motifs is 2. The molecule has 0 saturated carbocycles. The van der Waals surface area contributed by atoms with Crippen LogP contribution in [0.2, 0.25) is 0 Å². The van der Waals surface area contributed by atoms with E-state index in [0.29, 0.717) is 18.7 Å². The van der Waals surface area contributed by atoms with E-state index in [1.54, 1.807) is 25.6 Å². The molecule has 172 valence electrons. The van der Waals surface area contributed by atoms with Crippen LogP contribution in [-0.2, 0) is 24.3 Å². The molecular formula is C24H24N8O2. The Morgan fingerprint density at radius 3 is 2.91 bits per heavy atom. The number of aryl methyl sites for hydroxylation is 1. The molecule has 0 radical (unpaired) electrons. The molecule has 4 aromatic heterocycles. The fourth-order valence-corrected chi connectivity index (χ4v) is 3.91. The third kappa shape index (κ3) is 4.38. The number of aromatic nitrogens is 6. The minimum absolute atomic E-state index is 0.0964. The summed E-state index contributed by atoms with van der Waals surface area (Å²) in [6.07, 6.45) is 7.51. The van der Waals surface area contributed by atoms with Crippen LogP contribution in [0.1, 0.15) is 17.0 Å². The van der Waals surface area contributed by atoms with Gasteiger partial charge in [0, 0.05) is 30.0 Å². The largest absolute Gasteiger partial charge is 0.365 e. The quantitative estimate of drug-likeness (QED) is 0.283. The van der Waals surface area contributed by atoms with Crippen LogP contribution in [0, 0.1) is 6.92 Å². The van der Waals surface area contributed by atoms with Crippen molar-refractivity contribution in [1.82, 2.24) is 34.8 Å². The van der Waals surface area contributed by atoms with E-state index in [9.17, 15) is 9.59 Å². The Balaban J connectivity index is 1.22. The van der Waals surface area contributed by atoms with Crippen LogP contribution in [0.4, 0.5) is 5.82 Å². The van der Waals surface area contributed by atoms with Crippen molar-refractivity contribution in [2.45, 2.75) is 26.4 Å². The number of hydrogen-bond donors (Lipinski definition) is 4. The van der Waals surface area contributed by atoms with E-state index in [1.165, 1.54) is 4.57 Å². The standard InChI is InChI=1S/C24H24N8O2/c1-15-10-29-23(26-8-5-16-3-2-4-19-22(16)31-14-30-19)24(34)32(15)13-21(33)28-11-18-9-17-6-7-25-20(17)12-27-18/h2-4,6-7,9-10,12,14,25H,5,8,11,13H2,1H3,(H,26,29)(H,28,33)(H,30,31). The van der Waals surface area contributed by atoms with Gasteiger partial charge in [-0.15, -0.1) is 0 Å². The molecule has 5 aromatic rings. The van der Waals surface area contributed by atoms with Crippen LogP contribution in [0.5, 0.6) is 0 Å². The second-order valence-electron chi connectivity index (χ2n) is 8.05. The van der Waals surface area contributed by atoms with E-state index in [1.807, 2.05) is 36.5 Å². The van der Waals surface area contributed by atoms with Gasteiger partial charge < -0.3 is 20.6 Å². The predicted molar refractivity (Wildman–Crippen MR) is 129 cm³/mol. The van der Waals surface area contributed by atoms with Gasteiger partial charge in [-0.05, 0) is 37.1 Å².